The van der Waals surface area contributed by atoms with Gasteiger partial charge in [0.25, 0.3) is 0 Å². The standard InChI is InChI=1S/C53H96O12S/c1-3-5-7-9-11-13-15-17-18-19-20-21-22-23-24-25-26-27-28-29-31-33-35-37-39-41-43-61-45-47(46-62-53-51(57)52(65-66(58,59)60)50(56)48(44-54)64-53)63-49(55)42-40-38-36-34-32-30-16-14-12-10-8-6-4-2/h6,8,12,14,19-20,30,32,47-48,50-54,56-57H,3-5,7,9-11,13,15-18,21-29,31,33-46H2,1-2H3,(H,58,59,60)/b8-6-,14-12-,20-19-,32-30-. The van der Waals surface area contributed by atoms with Gasteiger partial charge < -0.3 is 34.3 Å². The Hall–Kier alpha value is -1.94. The zero-order valence-electron chi connectivity index (χ0n) is 41.5. The molecule has 1 fully saturated rings. The molecule has 6 atom stereocenters. The van der Waals surface area contributed by atoms with Gasteiger partial charge in [0.2, 0.25) is 0 Å². The van der Waals surface area contributed by atoms with Crippen molar-refractivity contribution in [2.24, 2.45) is 0 Å². The molecule has 1 heterocycles. The fraction of sp³-hybridized carbons (Fsp3) is 0.830. The van der Waals surface area contributed by atoms with Crippen molar-refractivity contribution in [3.63, 3.8) is 0 Å². The van der Waals surface area contributed by atoms with Crippen LogP contribution in [0.25, 0.3) is 0 Å². The first kappa shape index (κ1) is 62.1. The molecule has 4 N–H and O–H groups in total. The van der Waals surface area contributed by atoms with Crippen molar-refractivity contribution in [3.8, 4) is 0 Å². The third-order valence-electron chi connectivity index (χ3n) is 11.9. The van der Waals surface area contributed by atoms with E-state index in [0.717, 1.165) is 57.8 Å². The fourth-order valence-corrected chi connectivity index (χ4v) is 8.49. The lowest BCUT2D eigenvalue weighted by Gasteiger charge is -2.41. The van der Waals surface area contributed by atoms with Gasteiger partial charge in [0, 0.05) is 13.0 Å². The van der Waals surface area contributed by atoms with Crippen LogP contribution in [0.3, 0.4) is 0 Å². The molecule has 1 saturated heterocycles. The number of ether oxygens (including phenoxy) is 4. The minimum absolute atomic E-state index is 0.0243. The van der Waals surface area contributed by atoms with E-state index >= 15 is 0 Å². The summed E-state index contributed by atoms with van der Waals surface area (Å²) in [7, 11) is -5.07. The van der Waals surface area contributed by atoms with Crippen molar-refractivity contribution < 1.29 is 56.2 Å². The number of unbranched alkanes of at least 4 members (excludes halogenated alkanes) is 25. The maximum absolute atomic E-state index is 12.9. The SMILES string of the molecule is CC/C=C\C/C=C\C/C=C\CCCCCC(=O)OC(COCCCCCCCCCCCCCCCC/C=C\CCCCCCCCCC)COC1OC(CO)C(O)C(OS(=O)(=O)O)C1O. The molecule has 0 amide bonds. The van der Waals surface area contributed by atoms with Crippen molar-refractivity contribution in [1.29, 1.82) is 0 Å². The van der Waals surface area contributed by atoms with Gasteiger partial charge in [-0.25, -0.2) is 4.18 Å². The molecule has 1 aliphatic heterocycles. The molecule has 0 aromatic carbocycles. The van der Waals surface area contributed by atoms with Gasteiger partial charge in [-0.3, -0.25) is 9.35 Å². The lowest BCUT2D eigenvalue weighted by Crippen LogP contribution is -2.60. The topological polar surface area (TPSA) is 178 Å². The van der Waals surface area contributed by atoms with E-state index in [1.54, 1.807) is 0 Å². The van der Waals surface area contributed by atoms with Gasteiger partial charge in [0.05, 0.1) is 19.8 Å². The van der Waals surface area contributed by atoms with Crippen LogP contribution in [0.1, 0.15) is 219 Å². The summed E-state index contributed by atoms with van der Waals surface area (Å²) in [5, 5.41) is 30.7. The van der Waals surface area contributed by atoms with Crippen molar-refractivity contribution in [3.05, 3.63) is 48.6 Å². The minimum atomic E-state index is -5.07. The van der Waals surface area contributed by atoms with Gasteiger partial charge in [0.1, 0.15) is 30.5 Å². The zero-order chi connectivity index (χ0) is 48.2. The highest BCUT2D eigenvalue weighted by Gasteiger charge is 2.48. The highest BCUT2D eigenvalue weighted by atomic mass is 32.3. The molecule has 0 bridgehead atoms. The number of esters is 1. The Balaban J connectivity index is 2.28. The smallest absolute Gasteiger partial charge is 0.397 e. The second kappa shape index (κ2) is 44.3. The van der Waals surface area contributed by atoms with E-state index in [1.165, 1.54) is 135 Å². The fourth-order valence-electron chi connectivity index (χ4n) is 7.98. The molecule has 13 heteroatoms. The average molecular weight is 957 g/mol. The lowest BCUT2D eigenvalue weighted by atomic mass is 9.99. The van der Waals surface area contributed by atoms with Crippen LogP contribution in [0.5, 0.6) is 0 Å². The number of rotatable bonds is 46. The monoisotopic (exact) mass is 957 g/mol. The number of carbonyl (C=O) groups is 1. The molecule has 0 radical (unpaired) electrons. The van der Waals surface area contributed by atoms with Gasteiger partial charge in [-0.15, -0.1) is 0 Å². The summed E-state index contributed by atoms with van der Waals surface area (Å²) in [5.41, 5.74) is 0. The molecule has 0 spiro atoms. The first-order valence-electron chi connectivity index (χ1n) is 26.4. The van der Waals surface area contributed by atoms with E-state index in [-0.39, 0.29) is 19.6 Å². The molecule has 0 aliphatic carbocycles. The van der Waals surface area contributed by atoms with Crippen LogP contribution in [-0.4, -0.2) is 97.5 Å². The number of hydrogen-bond donors (Lipinski definition) is 4. The number of carbonyl (C=O) groups excluding carboxylic acids is 1. The van der Waals surface area contributed by atoms with E-state index in [2.05, 4.69) is 66.6 Å². The highest BCUT2D eigenvalue weighted by molar-refractivity contribution is 7.80. The Kier molecular flexibility index (Phi) is 41.6. The van der Waals surface area contributed by atoms with Crippen LogP contribution in [0.15, 0.2) is 48.6 Å². The Morgan fingerprint density at radius 1 is 0.591 bits per heavy atom. The number of aliphatic hydroxyl groups is 3. The molecule has 6 unspecified atom stereocenters. The van der Waals surface area contributed by atoms with E-state index in [0.29, 0.717) is 13.0 Å². The van der Waals surface area contributed by atoms with Crippen LogP contribution in [0, 0.1) is 0 Å². The van der Waals surface area contributed by atoms with Crippen LogP contribution in [0.2, 0.25) is 0 Å². The Bertz CT molecular complexity index is 1340. The molecule has 1 rings (SSSR count). The Morgan fingerprint density at radius 2 is 1.05 bits per heavy atom. The Morgan fingerprint density at radius 3 is 1.55 bits per heavy atom. The van der Waals surface area contributed by atoms with Gasteiger partial charge in [-0.2, -0.15) is 8.42 Å². The van der Waals surface area contributed by atoms with Crippen molar-refractivity contribution in [2.75, 3.05) is 26.4 Å². The predicted molar refractivity (Wildman–Crippen MR) is 266 cm³/mol. The highest BCUT2D eigenvalue weighted by Crippen LogP contribution is 2.26. The summed E-state index contributed by atoms with van der Waals surface area (Å²) in [4.78, 5) is 12.9. The summed E-state index contributed by atoms with van der Waals surface area (Å²) in [6.45, 7) is 3.85. The van der Waals surface area contributed by atoms with Crippen molar-refractivity contribution in [1.82, 2.24) is 0 Å². The van der Waals surface area contributed by atoms with Gasteiger partial charge in [-0.1, -0.05) is 191 Å². The summed E-state index contributed by atoms with van der Waals surface area (Å²) in [6, 6.07) is 0. The normalized spacial score (nSPS) is 19.9. The summed E-state index contributed by atoms with van der Waals surface area (Å²) in [6.07, 6.45) is 46.0. The van der Waals surface area contributed by atoms with Gasteiger partial charge >= 0.3 is 16.4 Å². The molecule has 12 nitrogen and oxygen atoms in total. The maximum Gasteiger partial charge on any atom is 0.397 e. The number of aliphatic hydroxyl groups excluding tert-OH is 3. The quantitative estimate of drug-likeness (QED) is 0.0197. The first-order chi connectivity index (χ1) is 32.1. The number of hydrogen-bond acceptors (Lipinski definition) is 11. The summed E-state index contributed by atoms with van der Waals surface area (Å²) < 4.78 is 59.2. The Labute approximate surface area is 402 Å². The zero-order valence-corrected chi connectivity index (χ0v) is 42.3. The van der Waals surface area contributed by atoms with Gasteiger partial charge in [-0.05, 0) is 70.6 Å². The predicted octanol–water partition coefficient (Wildman–Crippen LogP) is 12.3. The molecular weight excluding hydrogens is 861 g/mol. The molecule has 1 aliphatic rings. The maximum atomic E-state index is 12.9. The minimum Gasteiger partial charge on any atom is -0.457 e. The van der Waals surface area contributed by atoms with Crippen LogP contribution >= 0.6 is 0 Å². The lowest BCUT2D eigenvalue weighted by molar-refractivity contribution is -0.301. The molecular formula is C53H96O12S. The molecule has 66 heavy (non-hydrogen) atoms. The molecule has 0 saturated carbocycles. The third kappa shape index (κ3) is 37.0. The summed E-state index contributed by atoms with van der Waals surface area (Å²) >= 11 is 0. The first-order valence-corrected chi connectivity index (χ1v) is 27.8. The second-order valence-electron chi connectivity index (χ2n) is 18.1. The number of allylic oxidation sites excluding steroid dienone is 8. The van der Waals surface area contributed by atoms with E-state index in [1.807, 2.05) is 0 Å². The van der Waals surface area contributed by atoms with Crippen LogP contribution in [0.4, 0.5) is 0 Å². The third-order valence-corrected chi connectivity index (χ3v) is 12.4. The van der Waals surface area contributed by atoms with Crippen LogP contribution in [-0.2, 0) is 38.3 Å². The average Bonchev–Trinajstić information content (AvgIpc) is 3.29. The molecule has 386 valence electrons. The van der Waals surface area contributed by atoms with Crippen molar-refractivity contribution >= 4 is 16.4 Å². The van der Waals surface area contributed by atoms with Crippen LogP contribution < -0.4 is 0 Å². The van der Waals surface area contributed by atoms with E-state index in [9.17, 15) is 33.1 Å². The summed E-state index contributed by atoms with van der Waals surface area (Å²) in [5.74, 6) is -0.426. The van der Waals surface area contributed by atoms with E-state index < -0.39 is 59.8 Å². The largest absolute Gasteiger partial charge is 0.457 e. The van der Waals surface area contributed by atoms with E-state index in [4.69, 9.17) is 18.9 Å². The molecule has 0 aromatic heterocycles. The second-order valence-corrected chi connectivity index (χ2v) is 19.1. The molecule has 0 aromatic rings. The van der Waals surface area contributed by atoms with Gasteiger partial charge in [0.15, 0.2) is 6.29 Å². The van der Waals surface area contributed by atoms with Crippen molar-refractivity contribution in [2.45, 2.75) is 256 Å².